The molecule has 0 aliphatic rings. The number of thiazole rings is 1. The van der Waals surface area contributed by atoms with Crippen LogP contribution in [0.3, 0.4) is 0 Å². The van der Waals surface area contributed by atoms with Crippen molar-refractivity contribution in [2.24, 2.45) is 14.1 Å². The summed E-state index contributed by atoms with van der Waals surface area (Å²) in [5, 5.41) is 2.65. The summed E-state index contributed by atoms with van der Waals surface area (Å²) in [6, 6.07) is 17.2. The van der Waals surface area contributed by atoms with Gasteiger partial charge in [0.1, 0.15) is 7.05 Å². The lowest BCUT2D eigenvalue weighted by atomic mass is 10.1. The molecule has 0 saturated heterocycles. The Balaban J connectivity index is 2.13. The van der Waals surface area contributed by atoms with Crippen molar-refractivity contribution in [3.8, 4) is 10.6 Å². The maximum Gasteiger partial charge on any atom is 0.271 e. The molecule has 2 heterocycles. The van der Waals surface area contributed by atoms with Crippen molar-refractivity contribution >= 4 is 32.6 Å². The van der Waals surface area contributed by atoms with Crippen molar-refractivity contribution in [3.63, 3.8) is 0 Å². The molecule has 2 nitrogen and oxygen atoms in total. The van der Waals surface area contributed by atoms with Gasteiger partial charge in [0.15, 0.2) is 4.83 Å². The van der Waals surface area contributed by atoms with Crippen molar-refractivity contribution in [2.45, 2.75) is 6.92 Å². The second kappa shape index (κ2) is 4.43. The van der Waals surface area contributed by atoms with E-state index < -0.39 is 0 Å². The van der Waals surface area contributed by atoms with Crippen LogP contribution in [0, 0.1) is 6.92 Å². The molecular weight excluding hydrogens is 276 g/mol. The molecule has 0 amide bonds. The topological polar surface area (TPSA) is 8.81 Å². The lowest BCUT2D eigenvalue weighted by molar-refractivity contribution is -0.628. The zero-order chi connectivity index (χ0) is 14.6. The zero-order valence-corrected chi connectivity index (χ0v) is 13.2. The molecule has 4 aromatic rings. The van der Waals surface area contributed by atoms with E-state index in [1.54, 1.807) is 0 Å². The summed E-state index contributed by atoms with van der Waals surface area (Å²) in [4.78, 5) is 1.33. The van der Waals surface area contributed by atoms with Crippen molar-refractivity contribution in [3.05, 3.63) is 54.1 Å². The molecule has 3 heteroatoms. The molecule has 0 bridgehead atoms. The van der Waals surface area contributed by atoms with E-state index in [0.29, 0.717) is 0 Å². The maximum atomic E-state index is 2.34. The average Bonchev–Trinajstić information content (AvgIpc) is 2.97. The molecule has 0 radical (unpaired) electrons. The number of benzene rings is 2. The molecule has 104 valence electrons. The van der Waals surface area contributed by atoms with Crippen LogP contribution in [-0.2, 0) is 14.1 Å². The number of aryl methyl sites for hydroxylation is 3. The van der Waals surface area contributed by atoms with Crippen molar-refractivity contribution in [1.82, 2.24) is 4.57 Å². The van der Waals surface area contributed by atoms with Gasteiger partial charge in [-0.2, -0.15) is 4.57 Å². The van der Waals surface area contributed by atoms with Crippen LogP contribution in [-0.4, -0.2) is 4.57 Å². The van der Waals surface area contributed by atoms with E-state index >= 15 is 0 Å². The molecule has 0 N–H and O–H groups in total. The van der Waals surface area contributed by atoms with E-state index in [4.69, 9.17) is 0 Å². The summed E-state index contributed by atoms with van der Waals surface area (Å²) in [6.45, 7) is 2.18. The number of para-hydroxylation sites is 1. The normalized spacial score (nSPS) is 11.6. The minimum absolute atomic E-state index is 1.30. The zero-order valence-electron chi connectivity index (χ0n) is 12.4. The Morgan fingerprint density at radius 1 is 1.00 bits per heavy atom. The molecule has 2 aromatic carbocycles. The first kappa shape index (κ1) is 12.6. The molecule has 0 spiro atoms. The fourth-order valence-electron chi connectivity index (χ4n) is 3.10. The van der Waals surface area contributed by atoms with Crippen LogP contribution in [0.5, 0.6) is 0 Å². The largest absolute Gasteiger partial charge is 0.330 e. The van der Waals surface area contributed by atoms with E-state index in [9.17, 15) is 0 Å². The summed E-state index contributed by atoms with van der Waals surface area (Å²) in [7, 11) is 4.33. The summed E-state index contributed by atoms with van der Waals surface area (Å²) < 4.78 is 4.64. The van der Waals surface area contributed by atoms with Gasteiger partial charge >= 0.3 is 0 Å². The lowest BCUT2D eigenvalue weighted by Crippen LogP contribution is -2.28. The Labute approximate surface area is 127 Å². The highest BCUT2D eigenvalue weighted by Gasteiger charge is 2.25. The number of aromatic nitrogens is 2. The van der Waals surface area contributed by atoms with Crippen LogP contribution in [0.1, 0.15) is 5.56 Å². The SMILES string of the molecule is Cc1ccccc1-c1sc2c(c3ccccc3n2C)[n+]1C. The third kappa shape index (κ3) is 1.67. The lowest BCUT2D eigenvalue weighted by Gasteiger charge is -2.00. The van der Waals surface area contributed by atoms with Gasteiger partial charge in [-0.1, -0.05) is 30.3 Å². The highest BCUT2D eigenvalue weighted by atomic mass is 32.1. The van der Waals surface area contributed by atoms with Crippen LogP contribution in [0.25, 0.3) is 31.8 Å². The van der Waals surface area contributed by atoms with Gasteiger partial charge < -0.3 is 4.57 Å². The van der Waals surface area contributed by atoms with Crippen LogP contribution in [0.2, 0.25) is 0 Å². The van der Waals surface area contributed by atoms with Gasteiger partial charge in [-0.15, -0.1) is 0 Å². The monoisotopic (exact) mass is 293 g/mol. The molecular formula is C18H17N2S+. The molecule has 21 heavy (non-hydrogen) atoms. The minimum Gasteiger partial charge on any atom is -0.330 e. The quantitative estimate of drug-likeness (QED) is 0.465. The number of fused-ring (bicyclic) bond motifs is 3. The fourth-order valence-corrected chi connectivity index (χ4v) is 4.43. The van der Waals surface area contributed by atoms with Gasteiger partial charge in [-0.3, -0.25) is 0 Å². The van der Waals surface area contributed by atoms with E-state index in [2.05, 4.69) is 78.7 Å². The first-order valence-corrected chi connectivity index (χ1v) is 7.92. The number of nitrogens with zero attached hydrogens (tertiary/aromatic N) is 2. The van der Waals surface area contributed by atoms with Gasteiger partial charge in [-0.05, 0) is 42.0 Å². The first-order chi connectivity index (χ1) is 10.2. The Bertz CT molecular complexity index is 976. The third-order valence-corrected chi connectivity index (χ3v) is 5.58. The van der Waals surface area contributed by atoms with Crippen LogP contribution >= 0.6 is 11.3 Å². The number of hydrogen-bond acceptors (Lipinski definition) is 1. The van der Waals surface area contributed by atoms with Gasteiger partial charge in [0.2, 0.25) is 5.52 Å². The van der Waals surface area contributed by atoms with Gasteiger partial charge in [0.05, 0.1) is 16.5 Å². The van der Waals surface area contributed by atoms with E-state index in [1.807, 2.05) is 11.3 Å². The van der Waals surface area contributed by atoms with E-state index in [0.717, 1.165) is 0 Å². The predicted molar refractivity (Wildman–Crippen MR) is 89.7 cm³/mol. The molecule has 0 fully saturated rings. The Kier molecular flexibility index (Phi) is 2.66. The molecule has 2 aromatic heterocycles. The highest BCUT2D eigenvalue weighted by molar-refractivity contribution is 7.21. The molecule has 0 aliphatic heterocycles. The van der Waals surface area contributed by atoms with Gasteiger partial charge in [-0.25, -0.2) is 0 Å². The van der Waals surface area contributed by atoms with Crippen LogP contribution in [0.4, 0.5) is 0 Å². The van der Waals surface area contributed by atoms with Gasteiger partial charge in [0.25, 0.3) is 5.01 Å². The van der Waals surface area contributed by atoms with E-state index in [-0.39, 0.29) is 0 Å². The van der Waals surface area contributed by atoms with Crippen molar-refractivity contribution in [1.29, 1.82) is 0 Å². The van der Waals surface area contributed by atoms with E-state index in [1.165, 1.54) is 37.4 Å². The second-order valence-electron chi connectivity index (χ2n) is 5.51. The Hall–Kier alpha value is -2.13. The first-order valence-electron chi connectivity index (χ1n) is 7.10. The third-order valence-electron chi connectivity index (χ3n) is 4.24. The fraction of sp³-hybridized carbons (Fsp3) is 0.167. The molecule has 0 unspecified atom stereocenters. The second-order valence-corrected chi connectivity index (χ2v) is 6.49. The van der Waals surface area contributed by atoms with Crippen LogP contribution < -0.4 is 4.57 Å². The summed E-state index contributed by atoms with van der Waals surface area (Å²) in [5.41, 5.74) is 5.27. The van der Waals surface area contributed by atoms with Crippen molar-refractivity contribution in [2.75, 3.05) is 0 Å². The maximum absolute atomic E-state index is 2.34. The minimum atomic E-state index is 1.30. The van der Waals surface area contributed by atoms with Crippen LogP contribution in [0.15, 0.2) is 48.5 Å². The molecule has 0 atom stereocenters. The Morgan fingerprint density at radius 3 is 2.52 bits per heavy atom. The molecule has 0 aliphatic carbocycles. The summed E-state index contributed by atoms with van der Waals surface area (Å²) in [5.74, 6) is 0. The predicted octanol–water partition coefficient (Wildman–Crippen LogP) is 4.19. The summed E-state index contributed by atoms with van der Waals surface area (Å²) >= 11 is 1.87. The smallest absolute Gasteiger partial charge is 0.271 e. The molecule has 4 rings (SSSR count). The van der Waals surface area contributed by atoms with Gasteiger partial charge in [0, 0.05) is 7.05 Å². The highest BCUT2D eigenvalue weighted by Crippen LogP contribution is 2.35. The average molecular weight is 293 g/mol. The Morgan fingerprint density at radius 2 is 1.71 bits per heavy atom. The summed E-state index contributed by atoms with van der Waals surface area (Å²) in [6.07, 6.45) is 0. The number of hydrogen-bond donors (Lipinski definition) is 0. The molecule has 0 saturated carbocycles. The number of rotatable bonds is 1. The van der Waals surface area contributed by atoms with Crippen molar-refractivity contribution < 1.29 is 4.57 Å². The standard InChI is InChI=1S/C18H17N2S/c1-12-8-4-5-9-13(12)17-20(3)16-14-10-6-7-11-15(14)19(2)18(16)21-17/h4-11H,1-3H3/q+1.